The van der Waals surface area contributed by atoms with Gasteiger partial charge in [-0.15, -0.1) is 5.10 Å². The van der Waals surface area contributed by atoms with Crippen LogP contribution >= 0.6 is 11.6 Å². The number of hydrogen-bond donors (Lipinski definition) is 0. The van der Waals surface area contributed by atoms with E-state index in [1.54, 1.807) is 48.5 Å². The van der Waals surface area contributed by atoms with Crippen LogP contribution in [-0.2, 0) is 6.54 Å². The molecule has 0 aliphatic carbocycles. The van der Waals surface area contributed by atoms with Gasteiger partial charge in [-0.1, -0.05) is 50.2 Å². The van der Waals surface area contributed by atoms with Crippen molar-refractivity contribution in [2.45, 2.75) is 6.54 Å². The molecule has 6 rings (SSSR count). The van der Waals surface area contributed by atoms with Crippen molar-refractivity contribution in [1.29, 1.82) is 5.26 Å². The van der Waals surface area contributed by atoms with E-state index in [1.807, 2.05) is 0 Å². The number of rotatable bonds is 5. The Morgan fingerprint density at radius 1 is 0.921 bits per heavy atom. The second-order valence-electron chi connectivity index (χ2n) is 8.22. The molecule has 0 N–H and O–H groups in total. The molecule has 38 heavy (non-hydrogen) atoms. The Hall–Kier alpha value is -5.28. The highest BCUT2D eigenvalue weighted by atomic mass is 35.5. The number of halogens is 1. The summed E-state index contributed by atoms with van der Waals surface area (Å²) >= 11 is 6.13. The number of benzene rings is 2. The molecule has 0 bridgehead atoms. The highest BCUT2D eigenvalue weighted by Gasteiger charge is 2.31. The van der Waals surface area contributed by atoms with Gasteiger partial charge in [0, 0.05) is 28.5 Å². The third-order valence-electron chi connectivity index (χ3n) is 5.98. The molecule has 2 aromatic carbocycles. The maximum Gasteiger partial charge on any atom is 0.545 e. The van der Waals surface area contributed by atoms with E-state index in [4.69, 9.17) is 21.6 Å². The summed E-state index contributed by atoms with van der Waals surface area (Å²) in [6.45, 7) is 0.0961. The largest absolute Gasteiger partial charge is 0.545 e. The summed E-state index contributed by atoms with van der Waals surface area (Å²) in [5.41, 5.74) is 2.36. The first-order valence-electron chi connectivity index (χ1n) is 11.2. The van der Waals surface area contributed by atoms with Crippen LogP contribution in [0, 0.1) is 11.3 Å². The van der Waals surface area contributed by atoms with Gasteiger partial charge in [0.1, 0.15) is 6.54 Å². The molecule has 0 aliphatic rings. The van der Waals surface area contributed by atoms with Crippen molar-refractivity contribution in [2.75, 3.05) is 7.11 Å². The van der Waals surface area contributed by atoms with E-state index in [0.717, 1.165) is 14.6 Å². The first-order valence-corrected chi connectivity index (χ1v) is 11.6. The van der Waals surface area contributed by atoms with Crippen LogP contribution in [0.15, 0.2) is 70.5 Å². The Balaban J connectivity index is 1.70. The fraction of sp³-hybridized carbons (Fsp3) is 0.0800. The van der Waals surface area contributed by atoms with Crippen molar-refractivity contribution < 1.29 is 9.42 Å². The standard InChI is InChI=1S/C25H15ClN9O3/c1-38-23-28-11-17(12-29-23)20-19(16-6-8-18(26)9-7-16)21-30-31-24(36)34(21)35-22(20)32-33(25(35)37)13-15-4-2-14(10-27)3-5-15/h2-9,11-12H,13H2,1H3/q+1. The molecule has 4 aromatic heterocycles. The van der Waals surface area contributed by atoms with Crippen LogP contribution < -0.4 is 20.8 Å². The van der Waals surface area contributed by atoms with Crippen molar-refractivity contribution in [3.05, 3.63) is 98.0 Å². The van der Waals surface area contributed by atoms with Gasteiger partial charge in [0.25, 0.3) is 5.65 Å². The summed E-state index contributed by atoms with van der Waals surface area (Å²) in [5.74, 6) is 0. The summed E-state index contributed by atoms with van der Waals surface area (Å²) < 4.78 is 8.57. The fourth-order valence-corrected chi connectivity index (χ4v) is 4.36. The Bertz CT molecular complexity index is 1980. The van der Waals surface area contributed by atoms with Gasteiger partial charge < -0.3 is 4.74 Å². The van der Waals surface area contributed by atoms with Gasteiger partial charge in [-0.3, -0.25) is 0 Å². The molecule has 12 nitrogen and oxygen atoms in total. The van der Waals surface area contributed by atoms with Crippen molar-refractivity contribution in [3.63, 3.8) is 0 Å². The van der Waals surface area contributed by atoms with Crippen molar-refractivity contribution in [2.24, 2.45) is 0 Å². The average Bonchev–Trinajstić information content (AvgIpc) is 3.48. The van der Waals surface area contributed by atoms with E-state index in [9.17, 15) is 9.59 Å². The lowest BCUT2D eigenvalue weighted by atomic mass is 9.98. The molecule has 0 saturated heterocycles. The maximum absolute atomic E-state index is 13.6. The zero-order valence-corrected chi connectivity index (χ0v) is 20.4. The van der Waals surface area contributed by atoms with Crippen molar-refractivity contribution in [1.82, 2.24) is 34.3 Å². The first-order chi connectivity index (χ1) is 18.5. The molecule has 0 amide bonds. The van der Waals surface area contributed by atoms with E-state index < -0.39 is 11.4 Å². The summed E-state index contributed by atoms with van der Waals surface area (Å²) in [5, 5.41) is 22.1. The van der Waals surface area contributed by atoms with Gasteiger partial charge in [0.05, 0.1) is 24.3 Å². The molecule has 184 valence electrons. The van der Waals surface area contributed by atoms with Gasteiger partial charge in [-0.2, -0.15) is 10.1 Å². The van der Waals surface area contributed by atoms with E-state index in [1.165, 1.54) is 24.2 Å². The number of nitrogens with zero attached hydrogens (tertiary/aromatic N) is 9. The number of aromatic nitrogens is 8. The second kappa shape index (κ2) is 8.99. The zero-order chi connectivity index (χ0) is 26.4. The summed E-state index contributed by atoms with van der Waals surface area (Å²) in [6, 6.07) is 16.0. The third-order valence-corrected chi connectivity index (χ3v) is 6.23. The fourth-order valence-electron chi connectivity index (χ4n) is 4.24. The molecular formula is C25H15ClN9O3+. The van der Waals surface area contributed by atoms with Crippen LogP contribution in [0.25, 0.3) is 33.5 Å². The molecule has 6 aromatic rings. The van der Waals surface area contributed by atoms with Crippen LogP contribution in [0.5, 0.6) is 6.01 Å². The number of hydrogen-bond acceptors (Lipinski definition) is 9. The predicted molar refractivity (Wildman–Crippen MR) is 134 cm³/mol. The minimum absolute atomic E-state index is 0.0961. The van der Waals surface area contributed by atoms with Crippen molar-refractivity contribution in [3.8, 4) is 34.3 Å². The molecule has 0 fully saturated rings. The molecule has 13 heteroatoms. The molecule has 4 heterocycles. The Kier molecular flexibility index (Phi) is 5.47. The molecule has 0 atom stereocenters. The van der Waals surface area contributed by atoms with Gasteiger partial charge in [-0.05, 0) is 45.0 Å². The summed E-state index contributed by atoms with van der Waals surface area (Å²) in [4.78, 5) is 34.9. The predicted octanol–water partition coefficient (Wildman–Crippen LogP) is 1.53. The SMILES string of the molecule is COc1ncc(-c2c(-c3ccc(Cl)cc3)c3nnc(=O)n3n3c(=O)[n+](Cc4ccc(C#N)cc4)nc23)cn1. The molecule has 0 unspecified atom stereocenters. The average molecular weight is 525 g/mol. The minimum atomic E-state index is -0.738. The van der Waals surface area contributed by atoms with E-state index in [0.29, 0.717) is 32.8 Å². The number of ether oxygens (including phenoxy) is 1. The highest BCUT2D eigenvalue weighted by molar-refractivity contribution is 6.30. The zero-order valence-electron chi connectivity index (χ0n) is 19.6. The van der Waals surface area contributed by atoms with E-state index >= 15 is 0 Å². The monoisotopic (exact) mass is 524 g/mol. The minimum Gasteiger partial charge on any atom is -0.467 e. The van der Waals surface area contributed by atoms with Gasteiger partial charge in [-0.25, -0.2) is 14.8 Å². The Morgan fingerprint density at radius 2 is 1.61 bits per heavy atom. The van der Waals surface area contributed by atoms with Crippen LogP contribution in [0.4, 0.5) is 0 Å². The van der Waals surface area contributed by atoms with Gasteiger partial charge in [0.2, 0.25) is 5.65 Å². The normalized spacial score (nSPS) is 11.2. The lowest BCUT2D eigenvalue weighted by Crippen LogP contribution is -2.52. The quantitative estimate of drug-likeness (QED) is 0.306. The lowest BCUT2D eigenvalue weighted by molar-refractivity contribution is -0.755. The Labute approximate surface area is 217 Å². The lowest BCUT2D eigenvalue weighted by Gasteiger charge is -2.10. The number of nitriles is 1. The Morgan fingerprint density at radius 3 is 2.26 bits per heavy atom. The molecule has 0 spiro atoms. The van der Waals surface area contributed by atoms with Crippen LogP contribution in [0.2, 0.25) is 5.02 Å². The van der Waals surface area contributed by atoms with Crippen molar-refractivity contribution >= 4 is 22.9 Å². The summed E-state index contributed by atoms with van der Waals surface area (Å²) in [7, 11) is 1.45. The molecule has 0 aliphatic heterocycles. The molecule has 0 saturated carbocycles. The highest BCUT2D eigenvalue weighted by Crippen LogP contribution is 2.36. The molecule has 0 radical (unpaired) electrons. The molecular weight excluding hydrogens is 510 g/mol. The van der Waals surface area contributed by atoms with Gasteiger partial charge >= 0.3 is 17.4 Å². The van der Waals surface area contributed by atoms with Crippen LogP contribution in [0.1, 0.15) is 11.1 Å². The number of fused-ring (bicyclic) bond motifs is 3. The third kappa shape index (κ3) is 3.69. The first kappa shape index (κ1) is 23.1. The van der Waals surface area contributed by atoms with Gasteiger partial charge in [0.15, 0.2) is 0 Å². The second-order valence-corrected chi connectivity index (χ2v) is 8.65. The van der Waals surface area contributed by atoms with E-state index in [2.05, 4.69) is 31.3 Å². The van der Waals surface area contributed by atoms with Crippen LogP contribution in [0.3, 0.4) is 0 Å². The maximum atomic E-state index is 13.6. The number of methoxy groups -OCH3 is 1. The van der Waals surface area contributed by atoms with Crippen LogP contribution in [-0.4, -0.2) is 41.4 Å². The summed E-state index contributed by atoms with van der Waals surface area (Å²) in [6.07, 6.45) is 3.07. The van der Waals surface area contributed by atoms with E-state index in [-0.39, 0.29) is 23.8 Å². The smallest absolute Gasteiger partial charge is 0.467 e. The topological polar surface area (TPSA) is 144 Å².